The highest BCUT2D eigenvalue weighted by molar-refractivity contribution is 7.90. The van der Waals surface area contributed by atoms with Gasteiger partial charge in [0.15, 0.2) is 9.84 Å². The lowest BCUT2D eigenvalue weighted by molar-refractivity contribution is -0.386. The van der Waals surface area contributed by atoms with Gasteiger partial charge in [-0.3, -0.25) is 14.9 Å². The number of amides is 1. The molecule has 0 aliphatic heterocycles. The number of nitrogens with two attached hydrogens (primary N) is 1. The highest BCUT2D eigenvalue weighted by Gasteiger charge is 2.29. The Balaban J connectivity index is 3.26. The zero-order chi connectivity index (χ0) is 16.4. The van der Waals surface area contributed by atoms with Gasteiger partial charge in [0, 0.05) is 12.8 Å². The first kappa shape index (κ1) is 16.9. The number of para-hydroxylation sites is 1. The number of rotatable bonds is 6. The van der Waals surface area contributed by atoms with Crippen molar-refractivity contribution in [1.29, 1.82) is 0 Å². The predicted octanol–water partition coefficient (Wildman–Crippen LogP) is 0.922. The molecule has 0 aromatic heterocycles. The smallest absolute Gasteiger partial charge is 0.310 e. The summed E-state index contributed by atoms with van der Waals surface area (Å²) in [6.07, 6.45) is 0.895. The topological polar surface area (TPSA) is 132 Å². The molecule has 116 valence electrons. The number of hydrogen-bond acceptors (Lipinski definition) is 6. The van der Waals surface area contributed by atoms with Crippen LogP contribution in [0, 0.1) is 15.5 Å². The second-order valence-corrected chi connectivity index (χ2v) is 7.27. The fourth-order valence-corrected chi connectivity index (χ4v) is 2.42. The Labute approximate surface area is 122 Å². The van der Waals surface area contributed by atoms with Gasteiger partial charge in [-0.15, -0.1) is 0 Å². The van der Waals surface area contributed by atoms with Crippen molar-refractivity contribution in [1.82, 2.24) is 0 Å². The Morgan fingerprint density at radius 2 is 2.00 bits per heavy atom. The SMILES string of the molecule is CC(C)(CNc1cccc(S(C)(=O)=O)c1[N+](=O)[O-])C(N)=O. The molecule has 0 atom stereocenters. The van der Waals surface area contributed by atoms with Crippen molar-refractivity contribution < 1.29 is 18.1 Å². The predicted molar refractivity (Wildman–Crippen MR) is 77.7 cm³/mol. The van der Waals surface area contributed by atoms with Crippen LogP contribution in [0.25, 0.3) is 0 Å². The lowest BCUT2D eigenvalue weighted by Crippen LogP contribution is -2.37. The fraction of sp³-hybridized carbons (Fsp3) is 0.417. The van der Waals surface area contributed by atoms with E-state index >= 15 is 0 Å². The van der Waals surface area contributed by atoms with Crippen molar-refractivity contribution in [3.63, 3.8) is 0 Å². The Kier molecular flexibility index (Phi) is 4.57. The molecule has 0 saturated carbocycles. The van der Waals surface area contributed by atoms with Crippen molar-refractivity contribution >= 4 is 27.1 Å². The number of nitro benzene ring substituents is 1. The third-order valence-corrected chi connectivity index (χ3v) is 4.10. The zero-order valence-corrected chi connectivity index (χ0v) is 12.7. The average molecular weight is 315 g/mol. The Hall–Kier alpha value is -2.16. The lowest BCUT2D eigenvalue weighted by atomic mass is 9.92. The lowest BCUT2D eigenvalue weighted by Gasteiger charge is -2.21. The number of nitrogens with one attached hydrogen (secondary N) is 1. The first-order chi connectivity index (χ1) is 9.47. The first-order valence-electron chi connectivity index (χ1n) is 5.98. The van der Waals surface area contributed by atoms with Crippen molar-refractivity contribution in [2.75, 3.05) is 18.1 Å². The summed E-state index contributed by atoms with van der Waals surface area (Å²) in [5, 5.41) is 13.9. The molecule has 0 radical (unpaired) electrons. The van der Waals surface area contributed by atoms with Gasteiger partial charge in [0.25, 0.3) is 0 Å². The molecule has 0 unspecified atom stereocenters. The van der Waals surface area contributed by atoms with E-state index in [1.165, 1.54) is 12.1 Å². The summed E-state index contributed by atoms with van der Waals surface area (Å²) in [4.78, 5) is 21.2. The first-order valence-corrected chi connectivity index (χ1v) is 7.87. The molecule has 3 N–H and O–H groups in total. The molecule has 0 fully saturated rings. The van der Waals surface area contributed by atoms with Gasteiger partial charge in [-0.1, -0.05) is 6.07 Å². The van der Waals surface area contributed by atoms with Crippen LogP contribution in [0.5, 0.6) is 0 Å². The number of primary amides is 1. The normalized spacial score (nSPS) is 12.0. The summed E-state index contributed by atoms with van der Waals surface area (Å²) < 4.78 is 23.2. The van der Waals surface area contributed by atoms with Gasteiger partial charge >= 0.3 is 5.69 Å². The minimum atomic E-state index is -3.74. The molecular formula is C12H17N3O5S. The fourth-order valence-electron chi connectivity index (χ4n) is 1.56. The van der Waals surface area contributed by atoms with Gasteiger partial charge in [0.2, 0.25) is 5.91 Å². The van der Waals surface area contributed by atoms with E-state index in [1.54, 1.807) is 13.8 Å². The summed E-state index contributed by atoms with van der Waals surface area (Å²) in [6.45, 7) is 3.19. The highest BCUT2D eigenvalue weighted by atomic mass is 32.2. The second kappa shape index (κ2) is 5.68. The molecule has 1 aromatic rings. The van der Waals surface area contributed by atoms with Crippen molar-refractivity contribution in [2.24, 2.45) is 11.1 Å². The van der Waals surface area contributed by atoms with Crippen LogP contribution in [0.15, 0.2) is 23.1 Å². The number of anilines is 1. The third-order valence-electron chi connectivity index (χ3n) is 2.97. The van der Waals surface area contributed by atoms with Crippen LogP contribution in [0.4, 0.5) is 11.4 Å². The van der Waals surface area contributed by atoms with Gasteiger partial charge in [0.1, 0.15) is 10.6 Å². The van der Waals surface area contributed by atoms with E-state index in [2.05, 4.69) is 5.32 Å². The quantitative estimate of drug-likeness (QED) is 0.592. The van der Waals surface area contributed by atoms with Crippen molar-refractivity contribution in [2.45, 2.75) is 18.7 Å². The Bertz CT molecular complexity index is 682. The van der Waals surface area contributed by atoms with Crippen LogP contribution < -0.4 is 11.1 Å². The largest absolute Gasteiger partial charge is 0.378 e. The van der Waals surface area contributed by atoms with E-state index < -0.39 is 31.8 Å². The van der Waals surface area contributed by atoms with Crippen LogP contribution in [0.1, 0.15) is 13.8 Å². The minimum absolute atomic E-state index is 0.0252. The van der Waals surface area contributed by atoms with Crippen LogP contribution in [-0.4, -0.2) is 32.0 Å². The molecule has 21 heavy (non-hydrogen) atoms. The molecule has 1 rings (SSSR count). The molecular weight excluding hydrogens is 298 g/mol. The standard InChI is InChI=1S/C12H17N3O5S/c1-12(2,11(13)16)7-14-8-5-4-6-9(21(3,19)20)10(8)15(17)18/h4-6,14H,7H2,1-3H3,(H2,13,16). The van der Waals surface area contributed by atoms with Gasteiger partial charge < -0.3 is 11.1 Å². The molecule has 0 heterocycles. The number of carbonyl (C=O) groups excluding carboxylic acids is 1. The number of benzene rings is 1. The molecule has 0 bridgehead atoms. The molecule has 8 nitrogen and oxygen atoms in total. The van der Waals surface area contributed by atoms with E-state index in [4.69, 9.17) is 5.73 Å². The number of carbonyl (C=O) groups is 1. The highest BCUT2D eigenvalue weighted by Crippen LogP contribution is 2.32. The van der Waals surface area contributed by atoms with Gasteiger partial charge in [-0.2, -0.15) is 0 Å². The molecule has 0 spiro atoms. The summed E-state index contributed by atoms with van der Waals surface area (Å²) in [5.74, 6) is -0.572. The Morgan fingerprint density at radius 3 is 2.43 bits per heavy atom. The van der Waals surface area contributed by atoms with Crippen LogP contribution in [0.3, 0.4) is 0 Å². The van der Waals surface area contributed by atoms with Crippen molar-refractivity contribution in [3.05, 3.63) is 28.3 Å². The molecule has 0 aliphatic carbocycles. The van der Waals surface area contributed by atoms with Gasteiger partial charge in [-0.05, 0) is 26.0 Å². The maximum atomic E-state index is 11.6. The summed E-state index contributed by atoms with van der Waals surface area (Å²) in [7, 11) is -3.74. The molecule has 0 saturated heterocycles. The average Bonchev–Trinajstić information content (AvgIpc) is 2.34. The molecule has 9 heteroatoms. The number of nitro groups is 1. The summed E-state index contributed by atoms with van der Waals surface area (Å²) >= 11 is 0. The molecule has 1 amide bonds. The van der Waals surface area contributed by atoms with E-state index in [0.717, 1.165) is 12.3 Å². The Morgan fingerprint density at radius 1 is 1.43 bits per heavy atom. The monoisotopic (exact) mass is 315 g/mol. The molecule has 0 aliphatic rings. The van der Waals surface area contributed by atoms with Crippen LogP contribution in [-0.2, 0) is 14.6 Å². The van der Waals surface area contributed by atoms with Crippen LogP contribution >= 0.6 is 0 Å². The third kappa shape index (κ3) is 3.91. The molecule has 1 aromatic carbocycles. The second-order valence-electron chi connectivity index (χ2n) is 5.28. The number of sulfone groups is 1. The van der Waals surface area contributed by atoms with Crippen LogP contribution in [0.2, 0.25) is 0 Å². The van der Waals surface area contributed by atoms with E-state index in [-0.39, 0.29) is 17.1 Å². The van der Waals surface area contributed by atoms with Gasteiger partial charge in [0.05, 0.1) is 10.3 Å². The summed E-state index contributed by atoms with van der Waals surface area (Å²) in [6, 6.07) is 3.94. The maximum absolute atomic E-state index is 11.6. The number of nitrogens with zero attached hydrogens (tertiary/aromatic N) is 1. The van der Waals surface area contributed by atoms with E-state index in [0.29, 0.717) is 0 Å². The van der Waals surface area contributed by atoms with E-state index in [1.807, 2.05) is 0 Å². The zero-order valence-electron chi connectivity index (χ0n) is 11.9. The minimum Gasteiger partial charge on any atom is -0.378 e. The van der Waals surface area contributed by atoms with E-state index in [9.17, 15) is 23.3 Å². The maximum Gasteiger partial charge on any atom is 0.310 e. The number of hydrogen-bond donors (Lipinski definition) is 2. The summed E-state index contributed by atoms with van der Waals surface area (Å²) in [5.41, 5.74) is 3.77. The van der Waals surface area contributed by atoms with Crippen molar-refractivity contribution in [3.8, 4) is 0 Å². The van der Waals surface area contributed by atoms with Gasteiger partial charge in [-0.25, -0.2) is 8.42 Å².